The van der Waals surface area contributed by atoms with Crippen LogP contribution in [0, 0.1) is 5.82 Å². The van der Waals surface area contributed by atoms with Gasteiger partial charge in [0.1, 0.15) is 11.5 Å². The summed E-state index contributed by atoms with van der Waals surface area (Å²) in [5.74, 6) is -1.54. The van der Waals surface area contributed by atoms with Crippen molar-refractivity contribution in [2.24, 2.45) is 0 Å². The maximum Gasteiger partial charge on any atom is 0.352 e. The molecule has 2 heterocycles. The average molecular weight is 473 g/mol. The van der Waals surface area contributed by atoms with E-state index in [4.69, 9.17) is 11.6 Å². The summed E-state index contributed by atoms with van der Waals surface area (Å²) in [5.41, 5.74) is 1.72. The number of nitrogens with one attached hydrogen (secondary N) is 2. The number of amides is 1. The largest absolute Gasteiger partial charge is 0.477 e. The van der Waals surface area contributed by atoms with E-state index >= 15 is 0 Å². The number of piperazine rings is 1. The second kappa shape index (κ2) is 10.2. The van der Waals surface area contributed by atoms with Gasteiger partial charge in [-0.25, -0.2) is 9.18 Å². The lowest BCUT2D eigenvalue weighted by Gasteiger charge is -2.36. The summed E-state index contributed by atoms with van der Waals surface area (Å²) in [6.45, 7) is 4.51. The van der Waals surface area contributed by atoms with Crippen LogP contribution in [0.1, 0.15) is 22.5 Å². The van der Waals surface area contributed by atoms with Gasteiger partial charge in [-0.2, -0.15) is 0 Å². The van der Waals surface area contributed by atoms with Crippen LogP contribution in [0.25, 0.3) is 10.9 Å². The summed E-state index contributed by atoms with van der Waals surface area (Å²) < 4.78 is 14.0. The number of nitrogens with zero attached hydrogens (tertiary/aromatic N) is 2. The van der Waals surface area contributed by atoms with Crippen molar-refractivity contribution >= 4 is 40.1 Å². The first-order chi connectivity index (χ1) is 15.9. The number of para-hydroxylation sites is 1. The molecule has 1 fully saturated rings. The number of rotatable bonds is 8. The molecule has 0 bridgehead atoms. The van der Waals surface area contributed by atoms with E-state index in [1.807, 2.05) is 6.07 Å². The van der Waals surface area contributed by atoms with Crippen LogP contribution in [0.2, 0.25) is 5.02 Å². The predicted octanol–water partition coefficient (Wildman–Crippen LogP) is 3.53. The van der Waals surface area contributed by atoms with Gasteiger partial charge in [-0.15, -0.1) is 0 Å². The number of H-pyrrole nitrogens is 1. The summed E-state index contributed by atoms with van der Waals surface area (Å²) in [6, 6.07) is 11.9. The van der Waals surface area contributed by atoms with Gasteiger partial charge in [0.2, 0.25) is 5.91 Å². The molecule has 0 unspecified atom stereocenters. The van der Waals surface area contributed by atoms with Crippen molar-refractivity contribution in [3.63, 3.8) is 0 Å². The molecule has 33 heavy (non-hydrogen) atoms. The van der Waals surface area contributed by atoms with Gasteiger partial charge < -0.3 is 20.3 Å². The number of anilines is 1. The maximum atomic E-state index is 14.0. The van der Waals surface area contributed by atoms with Crippen molar-refractivity contribution in [2.45, 2.75) is 12.8 Å². The van der Waals surface area contributed by atoms with Gasteiger partial charge in [0, 0.05) is 54.2 Å². The summed E-state index contributed by atoms with van der Waals surface area (Å²) >= 11 is 6.06. The van der Waals surface area contributed by atoms with Crippen LogP contribution >= 0.6 is 11.6 Å². The maximum absolute atomic E-state index is 14.0. The van der Waals surface area contributed by atoms with E-state index in [0.29, 0.717) is 33.7 Å². The van der Waals surface area contributed by atoms with Crippen LogP contribution in [0.3, 0.4) is 0 Å². The Labute approximate surface area is 196 Å². The molecule has 0 radical (unpaired) electrons. The Morgan fingerprint density at radius 2 is 1.88 bits per heavy atom. The van der Waals surface area contributed by atoms with Gasteiger partial charge in [0.05, 0.1) is 12.1 Å². The van der Waals surface area contributed by atoms with Crippen LogP contribution in [0.15, 0.2) is 42.5 Å². The van der Waals surface area contributed by atoms with E-state index in [1.54, 1.807) is 30.3 Å². The van der Waals surface area contributed by atoms with Crippen LogP contribution < -0.4 is 10.2 Å². The fourth-order valence-corrected chi connectivity index (χ4v) is 4.43. The number of hydrogen-bond acceptors (Lipinski definition) is 4. The summed E-state index contributed by atoms with van der Waals surface area (Å²) in [5, 5.41) is 13.5. The van der Waals surface area contributed by atoms with E-state index < -0.39 is 5.97 Å². The number of benzene rings is 2. The summed E-state index contributed by atoms with van der Waals surface area (Å²) in [6.07, 6.45) is 0.736. The number of carbonyl (C=O) groups is 2. The molecule has 0 aliphatic carbocycles. The number of aromatic nitrogens is 1. The number of halogens is 2. The fraction of sp³-hybridized carbons (Fsp3) is 0.333. The van der Waals surface area contributed by atoms with E-state index in [-0.39, 0.29) is 23.8 Å². The SMILES string of the molecule is O=C(Cc1c(C(=O)O)[nH]c2ccc(Cl)cc12)NCCCN1CCN(c2ccccc2F)CC1. The number of hydrogen-bond donors (Lipinski definition) is 3. The standard InChI is InChI=1S/C24H26ClFN4O3/c25-16-6-7-20-17(14-16)18(23(28-20)24(32)33)15-22(31)27-8-3-9-29-10-12-30(13-11-29)21-5-2-1-4-19(21)26/h1-2,4-7,14,28H,3,8-13,15H2,(H,27,31)(H,32,33). The van der Waals surface area contributed by atoms with Gasteiger partial charge in [-0.05, 0) is 43.3 Å². The molecule has 1 aliphatic heterocycles. The number of carboxylic acid groups (broad SMARTS) is 1. The highest BCUT2D eigenvalue weighted by Gasteiger charge is 2.21. The molecule has 174 valence electrons. The molecule has 0 spiro atoms. The first-order valence-electron chi connectivity index (χ1n) is 10.9. The third kappa shape index (κ3) is 5.46. The zero-order chi connectivity index (χ0) is 23.4. The first kappa shape index (κ1) is 23.1. The van der Waals surface area contributed by atoms with E-state index in [2.05, 4.69) is 20.1 Å². The van der Waals surface area contributed by atoms with Crippen molar-refractivity contribution in [1.82, 2.24) is 15.2 Å². The van der Waals surface area contributed by atoms with Gasteiger partial charge in [0.25, 0.3) is 0 Å². The molecule has 4 rings (SSSR count). The monoisotopic (exact) mass is 472 g/mol. The van der Waals surface area contributed by atoms with Crippen LogP contribution in [-0.4, -0.2) is 66.1 Å². The van der Waals surface area contributed by atoms with E-state index in [9.17, 15) is 19.1 Å². The molecule has 7 nitrogen and oxygen atoms in total. The molecule has 1 aromatic heterocycles. The van der Waals surface area contributed by atoms with Crippen molar-refractivity contribution in [3.8, 4) is 0 Å². The van der Waals surface area contributed by atoms with Gasteiger partial charge in [-0.3, -0.25) is 9.69 Å². The minimum atomic E-state index is -1.11. The van der Waals surface area contributed by atoms with Gasteiger partial charge in [0.15, 0.2) is 0 Å². The number of carboxylic acids is 1. The second-order valence-electron chi connectivity index (χ2n) is 8.13. The molecular weight excluding hydrogens is 447 g/mol. The molecule has 3 aromatic rings. The average Bonchev–Trinajstić information content (AvgIpc) is 3.15. The van der Waals surface area contributed by atoms with Crippen molar-refractivity contribution < 1.29 is 19.1 Å². The quantitative estimate of drug-likeness (QED) is 0.436. The smallest absolute Gasteiger partial charge is 0.352 e. The Kier molecular flexibility index (Phi) is 7.15. The predicted molar refractivity (Wildman–Crippen MR) is 127 cm³/mol. The first-order valence-corrected chi connectivity index (χ1v) is 11.3. The lowest BCUT2D eigenvalue weighted by molar-refractivity contribution is -0.120. The third-order valence-corrected chi connectivity index (χ3v) is 6.19. The topological polar surface area (TPSA) is 88.7 Å². The third-order valence-electron chi connectivity index (χ3n) is 5.96. The molecule has 2 aromatic carbocycles. The molecular formula is C24H26ClFN4O3. The lowest BCUT2D eigenvalue weighted by Crippen LogP contribution is -2.47. The number of aromatic carboxylic acids is 1. The molecule has 1 saturated heterocycles. The number of fused-ring (bicyclic) bond motifs is 1. The van der Waals surface area contributed by atoms with Gasteiger partial charge >= 0.3 is 5.97 Å². The highest BCUT2D eigenvalue weighted by atomic mass is 35.5. The molecule has 0 atom stereocenters. The minimum Gasteiger partial charge on any atom is -0.477 e. The lowest BCUT2D eigenvalue weighted by atomic mass is 10.1. The molecule has 1 amide bonds. The number of carbonyl (C=O) groups excluding carboxylic acids is 1. The molecule has 3 N–H and O–H groups in total. The van der Waals surface area contributed by atoms with E-state index in [0.717, 1.165) is 39.1 Å². The number of aromatic amines is 1. The Morgan fingerprint density at radius 1 is 1.12 bits per heavy atom. The molecule has 0 saturated carbocycles. The highest BCUT2D eigenvalue weighted by Crippen LogP contribution is 2.26. The van der Waals surface area contributed by atoms with Crippen LogP contribution in [-0.2, 0) is 11.2 Å². The zero-order valence-electron chi connectivity index (χ0n) is 18.1. The highest BCUT2D eigenvalue weighted by molar-refractivity contribution is 6.31. The normalized spacial score (nSPS) is 14.5. The van der Waals surface area contributed by atoms with Crippen molar-refractivity contribution in [1.29, 1.82) is 0 Å². The summed E-state index contributed by atoms with van der Waals surface area (Å²) in [4.78, 5) is 31.3. The van der Waals surface area contributed by atoms with Crippen LogP contribution in [0.4, 0.5) is 10.1 Å². The van der Waals surface area contributed by atoms with E-state index in [1.165, 1.54) is 6.07 Å². The summed E-state index contributed by atoms with van der Waals surface area (Å²) in [7, 11) is 0. The van der Waals surface area contributed by atoms with Crippen molar-refractivity contribution in [3.05, 3.63) is 64.6 Å². The Morgan fingerprint density at radius 3 is 2.61 bits per heavy atom. The van der Waals surface area contributed by atoms with Gasteiger partial charge in [-0.1, -0.05) is 23.7 Å². The Hall–Kier alpha value is -3.10. The Bertz CT molecular complexity index is 1160. The molecule has 1 aliphatic rings. The fourth-order valence-electron chi connectivity index (χ4n) is 4.26. The van der Waals surface area contributed by atoms with Crippen LogP contribution in [0.5, 0.6) is 0 Å². The zero-order valence-corrected chi connectivity index (χ0v) is 18.9. The Balaban J connectivity index is 1.24. The minimum absolute atomic E-state index is 0.00939. The van der Waals surface area contributed by atoms with Crippen molar-refractivity contribution in [2.75, 3.05) is 44.2 Å². The molecule has 9 heteroatoms. The second-order valence-corrected chi connectivity index (χ2v) is 8.57.